The highest BCUT2D eigenvalue weighted by atomic mass is 16.8. The standard InChI is InChI=1S/C17H18N2O4/c1-20-9-14-10-21-17(23-14,11-19-7-6-18-12-19)16-8-13-4-2-3-5-15(13)22-16/h2-8,12,14H,9-11H2,1H3. The van der Waals surface area contributed by atoms with Crippen molar-refractivity contribution in [1.29, 1.82) is 0 Å². The number of furan rings is 1. The molecule has 0 saturated carbocycles. The lowest BCUT2D eigenvalue weighted by molar-refractivity contribution is -0.201. The Kier molecular flexibility index (Phi) is 3.65. The summed E-state index contributed by atoms with van der Waals surface area (Å²) in [5.41, 5.74) is 0.815. The zero-order valence-corrected chi connectivity index (χ0v) is 12.8. The van der Waals surface area contributed by atoms with Crippen LogP contribution in [-0.4, -0.2) is 36.0 Å². The van der Waals surface area contributed by atoms with Crippen molar-refractivity contribution in [2.75, 3.05) is 20.3 Å². The number of ether oxygens (including phenoxy) is 3. The number of hydrogen-bond acceptors (Lipinski definition) is 5. The van der Waals surface area contributed by atoms with E-state index in [1.807, 2.05) is 41.1 Å². The van der Waals surface area contributed by atoms with Gasteiger partial charge in [-0.3, -0.25) is 0 Å². The van der Waals surface area contributed by atoms with Gasteiger partial charge in [0.25, 0.3) is 0 Å². The van der Waals surface area contributed by atoms with Crippen molar-refractivity contribution in [1.82, 2.24) is 9.55 Å². The molecule has 1 aromatic carbocycles. The summed E-state index contributed by atoms with van der Waals surface area (Å²) in [6.07, 6.45) is 5.21. The van der Waals surface area contributed by atoms with E-state index in [1.54, 1.807) is 19.6 Å². The van der Waals surface area contributed by atoms with Gasteiger partial charge in [0.2, 0.25) is 5.79 Å². The molecule has 0 bridgehead atoms. The molecule has 120 valence electrons. The first-order valence-electron chi connectivity index (χ1n) is 7.54. The first kappa shape index (κ1) is 14.4. The molecule has 4 rings (SSSR count). The molecular weight excluding hydrogens is 296 g/mol. The normalized spacial score (nSPS) is 24.5. The Balaban J connectivity index is 1.72. The number of imidazole rings is 1. The lowest BCUT2D eigenvalue weighted by Gasteiger charge is -2.26. The van der Waals surface area contributed by atoms with E-state index in [4.69, 9.17) is 18.6 Å². The molecule has 6 nitrogen and oxygen atoms in total. The molecule has 1 aliphatic rings. The summed E-state index contributed by atoms with van der Waals surface area (Å²) in [6, 6.07) is 9.85. The predicted molar refractivity (Wildman–Crippen MR) is 82.8 cm³/mol. The minimum atomic E-state index is -0.969. The number of nitrogens with zero attached hydrogens (tertiary/aromatic N) is 2. The molecule has 0 spiro atoms. The molecule has 3 heterocycles. The van der Waals surface area contributed by atoms with Crippen molar-refractivity contribution in [2.45, 2.75) is 18.4 Å². The molecule has 0 radical (unpaired) electrons. The first-order chi connectivity index (χ1) is 11.3. The van der Waals surface area contributed by atoms with Crippen molar-refractivity contribution >= 4 is 11.0 Å². The van der Waals surface area contributed by atoms with Crippen LogP contribution in [0.5, 0.6) is 0 Å². The van der Waals surface area contributed by atoms with Crippen LogP contribution in [0, 0.1) is 0 Å². The van der Waals surface area contributed by atoms with E-state index >= 15 is 0 Å². The molecule has 2 unspecified atom stereocenters. The van der Waals surface area contributed by atoms with Crippen LogP contribution in [0.15, 0.2) is 53.5 Å². The molecule has 0 aliphatic carbocycles. The summed E-state index contributed by atoms with van der Waals surface area (Å²) < 4.78 is 25.4. The quantitative estimate of drug-likeness (QED) is 0.724. The van der Waals surface area contributed by atoms with Gasteiger partial charge in [-0.1, -0.05) is 18.2 Å². The summed E-state index contributed by atoms with van der Waals surface area (Å²) >= 11 is 0. The highest BCUT2D eigenvalue weighted by Crippen LogP contribution is 2.38. The molecule has 1 aliphatic heterocycles. The summed E-state index contributed by atoms with van der Waals surface area (Å²) in [7, 11) is 1.65. The van der Waals surface area contributed by atoms with Gasteiger partial charge in [0.15, 0.2) is 5.76 Å². The van der Waals surface area contributed by atoms with Crippen molar-refractivity contribution in [3.63, 3.8) is 0 Å². The largest absolute Gasteiger partial charge is 0.455 e. The maximum Gasteiger partial charge on any atom is 0.247 e. The van der Waals surface area contributed by atoms with Crippen molar-refractivity contribution in [2.24, 2.45) is 0 Å². The van der Waals surface area contributed by atoms with E-state index in [1.165, 1.54) is 0 Å². The average Bonchev–Trinajstić information content (AvgIpc) is 3.28. The first-order valence-corrected chi connectivity index (χ1v) is 7.54. The van der Waals surface area contributed by atoms with Gasteiger partial charge in [0.05, 0.1) is 26.1 Å². The van der Waals surface area contributed by atoms with Crippen LogP contribution in [0.1, 0.15) is 5.76 Å². The number of fused-ring (bicyclic) bond motifs is 1. The molecule has 2 aromatic heterocycles. The zero-order chi connectivity index (χ0) is 15.7. The zero-order valence-electron chi connectivity index (χ0n) is 12.8. The summed E-state index contributed by atoms with van der Waals surface area (Å²) in [4.78, 5) is 4.08. The van der Waals surface area contributed by atoms with Crippen molar-refractivity contribution in [3.8, 4) is 0 Å². The highest BCUT2D eigenvalue weighted by molar-refractivity contribution is 5.77. The summed E-state index contributed by atoms with van der Waals surface area (Å²) in [5, 5.41) is 1.02. The topological polar surface area (TPSA) is 58.7 Å². The molecule has 1 fully saturated rings. The maximum absolute atomic E-state index is 6.19. The monoisotopic (exact) mass is 314 g/mol. The van der Waals surface area contributed by atoms with E-state index in [9.17, 15) is 0 Å². The number of para-hydroxylation sites is 1. The van der Waals surface area contributed by atoms with Gasteiger partial charge in [-0.25, -0.2) is 4.98 Å². The molecule has 1 saturated heterocycles. The van der Waals surface area contributed by atoms with E-state index in [0.29, 0.717) is 25.5 Å². The molecule has 23 heavy (non-hydrogen) atoms. The fourth-order valence-corrected chi connectivity index (χ4v) is 2.91. The highest BCUT2D eigenvalue weighted by Gasteiger charge is 2.46. The number of rotatable bonds is 5. The van der Waals surface area contributed by atoms with Gasteiger partial charge in [0, 0.05) is 24.9 Å². The maximum atomic E-state index is 6.19. The van der Waals surface area contributed by atoms with E-state index < -0.39 is 5.79 Å². The van der Waals surface area contributed by atoms with Crippen LogP contribution in [0.3, 0.4) is 0 Å². The lowest BCUT2D eigenvalue weighted by atomic mass is 10.2. The van der Waals surface area contributed by atoms with Crippen molar-refractivity contribution < 1.29 is 18.6 Å². The van der Waals surface area contributed by atoms with E-state index in [2.05, 4.69) is 4.98 Å². The van der Waals surface area contributed by atoms with E-state index in [0.717, 1.165) is 11.0 Å². The van der Waals surface area contributed by atoms with Crippen LogP contribution >= 0.6 is 0 Å². The Morgan fingerprint density at radius 2 is 2.30 bits per heavy atom. The molecule has 3 aromatic rings. The fourth-order valence-electron chi connectivity index (χ4n) is 2.91. The van der Waals surface area contributed by atoms with Crippen LogP contribution in [0.4, 0.5) is 0 Å². The third kappa shape index (κ3) is 2.65. The van der Waals surface area contributed by atoms with Gasteiger partial charge in [-0.2, -0.15) is 0 Å². The second kappa shape index (κ2) is 5.81. The predicted octanol–water partition coefficient (Wildman–Crippen LogP) is 2.54. The second-order valence-corrected chi connectivity index (χ2v) is 5.64. The fraction of sp³-hybridized carbons (Fsp3) is 0.353. The van der Waals surface area contributed by atoms with Crippen molar-refractivity contribution in [3.05, 3.63) is 54.8 Å². The molecule has 2 atom stereocenters. The molecule has 0 amide bonds. The van der Waals surface area contributed by atoms with Gasteiger partial charge in [0.1, 0.15) is 11.7 Å². The second-order valence-electron chi connectivity index (χ2n) is 5.64. The molecular formula is C17H18N2O4. The summed E-state index contributed by atoms with van der Waals surface area (Å²) in [6.45, 7) is 1.40. The minimum Gasteiger partial charge on any atom is -0.455 e. The minimum absolute atomic E-state index is 0.128. The Morgan fingerprint density at radius 1 is 1.39 bits per heavy atom. The van der Waals surface area contributed by atoms with Crippen LogP contribution in [-0.2, 0) is 26.5 Å². The third-order valence-electron chi connectivity index (χ3n) is 3.96. The average molecular weight is 314 g/mol. The summed E-state index contributed by atoms with van der Waals surface area (Å²) in [5.74, 6) is -0.311. The van der Waals surface area contributed by atoms with E-state index in [-0.39, 0.29) is 6.10 Å². The third-order valence-corrected chi connectivity index (χ3v) is 3.96. The van der Waals surface area contributed by atoms with Crippen LogP contribution in [0.25, 0.3) is 11.0 Å². The molecule has 0 N–H and O–H groups in total. The number of hydrogen-bond donors (Lipinski definition) is 0. The molecule has 6 heteroatoms. The SMILES string of the molecule is COCC1COC(Cn2ccnc2)(c2cc3ccccc3o2)O1. The number of aromatic nitrogens is 2. The smallest absolute Gasteiger partial charge is 0.247 e. The Labute approximate surface area is 133 Å². The Hall–Kier alpha value is -2.15. The van der Waals surface area contributed by atoms with Crippen LogP contribution < -0.4 is 0 Å². The van der Waals surface area contributed by atoms with Crippen LogP contribution in [0.2, 0.25) is 0 Å². The van der Waals surface area contributed by atoms with Gasteiger partial charge < -0.3 is 23.2 Å². The Bertz CT molecular complexity index is 750. The van der Waals surface area contributed by atoms with Gasteiger partial charge in [-0.05, 0) is 12.1 Å². The number of methoxy groups -OCH3 is 1. The number of benzene rings is 1. The Morgan fingerprint density at radius 3 is 3.09 bits per heavy atom. The lowest BCUT2D eigenvalue weighted by Crippen LogP contribution is -2.33. The van der Waals surface area contributed by atoms with Gasteiger partial charge in [-0.15, -0.1) is 0 Å². The van der Waals surface area contributed by atoms with Gasteiger partial charge >= 0.3 is 0 Å².